The lowest BCUT2D eigenvalue weighted by Crippen LogP contribution is -2.37. The summed E-state index contributed by atoms with van der Waals surface area (Å²) in [5.41, 5.74) is 1.61. The van der Waals surface area contributed by atoms with Gasteiger partial charge in [0.05, 0.1) is 10.6 Å². The van der Waals surface area contributed by atoms with E-state index in [-0.39, 0.29) is 4.90 Å². The van der Waals surface area contributed by atoms with E-state index >= 15 is 0 Å². The lowest BCUT2D eigenvalue weighted by Gasteiger charge is -2.23. The molecule has 0 fully saturated rings. The highest BCUT2D eigenvalue weighted by molar-refractivity contribution is 7.93. The summed E-state index contributed by atoms with van der Waals surface area (Å²) in [5.74, 6) is -0.588. The summed E-state index contributed by atoms with van der Waals surface area (Å²) in [4.78, 5) is 13.7. The summed E-state index contributed by atoms with van der Waals surface area (Å²) in [5, 5.41) is 1.58. The molecule has 0 aliphatic carbocycles. The van der Waals surface area contributed by atoms with E-state index < -0.39 is 15.9 Å². The zero-order valence-corrected chi connectivity index (χ0v) is 16.6. The molecule has 1 amide bonds. The maximum atomic E-state index is 13.6. The average Bonchev–Trinajstić information content (AvgIpc) is 2.75. The largest absolute Gasteiger partial charge is 0.272 e. The second-order valence-corrected chi connectivity index (χ2v) is 8.54. The maximum absolute atomic E-state index is 13.6. The molecular weight excluding hydrogens is 382 g/mol. The summed E-state index contributed by atoms with van der Waals surface area (Å²) in [6, 6.07) is 27.6. The molecule has 0 aliphatic heterocycles. The van der Waals surface area contributed by atoms with Crippen molar-refractivity contribution in [2.24, 2.45) is 0 Å². The van der Waals surface area contributed by atoms with Crippen LogP contribution in [-0.2, 0) is 10.0 Å². The predicted molar refractivity (Wildman–Crippen MR) is 116 cm³/mol. The van der Waals surface area contributed by atoms with Crippen LogP contribution in [0.15, 0.2) is 102 Å². The van der Waals surface area contributed by atoms with Gasteiger partial charge < -0.3 is 0 Å². The van der Waals surface area contributed by atoms with Crippen molar-refractivity contribution in [3.8, 4) is 0 Å². The molecule has 144 valence electrons. The second-order valence-electron chi connectivity index (χ2n) is 6.75. The van der Waals surface area contributed by atoms with Crippen LogP contribution in [0.2, 0.25) is 0 Å². The van der Waals surface area contributed by atoms with Gasteiger partial charge in [0.2, 0.25) is 0 Å². The zero-order chi connectivity index (χ0) is 20.4. The molecule has 4 rings (SSSR count). The molecule has 4 aromatic carbocycles. The van der Waals surface area contributed by atoms with Crippen LogP contribution in [0.5, 0.6) is 0 Å². The Morgan fingerprint density at radius 2 is 1.34 bits per heavy atom. The number of amides is 1. The quantitative estimate of drug-likeness (QED) is 0.473. The minimum atomic E-state index is -4.10. The molecule has 0 saturated carbocycles. The number of anilines is 1. The minimum absolute atomic E-state index is 0.0640. The third kappa shape index (κ3) is 3.52. The molecule has 5 heteroatoms. The van der Waals surface area contributed by atoms with E-state index in [4.69, 9.17) is 0 Å². The molecule has 29 heavy (non-hydrogen) atoms. The van der Waals surface area contributed by atoms with Gasteiger partial charge in [0, 0.05) is 5.56 Å². The SMILES string of the molecule is Cc1ccc(N(C(=O)c2cccc3ccccc23)S(=O)(=O)c2ccccc2)cc1. The Balaban J connectivity index is 1.93. The smallest absolute Gasteiger partial charge is 0.268 e. The van der Waals surface area contributed by atoms with Gasteiger partial charge in [0.1, 0.15) is 0 Å². The molecule has 0 aliphatic rings. The summed E-state index contributed by atoms with van der Waals surface area (Å²) >= 11 is 0. The highest BCUT2D eigenvalue weighted by Gasteiger charge is 2.32. The van der Waals surface area contributed by atoms with E-state index in [1.165, 1.54) is 12.1 Å². The summed E-state index contributed by atoms with van der Waals surface area (Å²) in [7, 11) is -4.10. The van der Waals surface area contributed by atoms with Crippen LogP contribution >= 0.6 is 0 Å². The number of carbonyl (C=O) groups is 1. The Labute approximate surface area is 170 Å². The first kappa shape index (κ1) is 18.9. The van der Waals surface area contributed by atoms with E-state index in [1.807, 2.05) is 37.3 Å². The Hall–Kier alpha value is -3.44. The van der Waals surface area contributed by atoms with Crippen molar-refractivity contribution < 1.29 is 13.2 Å². The number of nitrogens with zero attached hydrogens (tertiary/aromatic N) is 1. The second kappa shape index (κ2) is 7.53. The van der Waals surface area contributed by atoms with Gasteiger partial charge >= 0.3 is 0 Å². The lowest BCUT2D eigenvalue weighted by molar-refractivity contribution is 0.101. The number of hydrogen-bond donors (Lipinski definition) is 0. The topological polar surface area (TPSA) is 54.5 Å². The van der Waals surface area contributed by atoms with Gasteiger partial charge in [-0.2, -0.15) is 4.31 Å². The Morgan fingerprint density at radius 1 is 0.724 bits per heavy atom. The van der Waals surface area contributed by atoms with Crippen molar-refractivity contribution in [1.29, 1.82) is 0 Å². The number of fused-ring (bicyclic) bond motifs is 1. The van der Waals surface area contributed by atoms with Crippen LogP contribution in [0.25, 0.3) is 10.8 Å². The fourth-order valence-corrected chi connectivity index (χ4v) is 4.69. The number of sulfonamides is 1. The van der Waals surface area contributed by atoms with Gasteiger partial charge in [-0.1, -0.05) is 72.3 Å². The average molecular weight is 401 g/mol. The highest BCUT2D eigenvalue weighted by atomic mass is 32.2. The van der Waals surface area contributed by atoms with Gasteiger partial charge in [-0.3, -0.25) is 4.79 Å². The van der Waals surface area contributed by atoms with Crippen molar-refractivity contribution in [3.05, 3.63) is 108 Å². The molecule has 0 aromatic heterocycles. The van der Waals surface area contributed by atoms with Crippen molar-refractivity contribution in [1.82, 2.24) is 0 Å². The van der Waals surface area contributed by atoms with E-state index in [1.54, 1.807) is 54.6 Å². The summed E-state index contributed by atoms with van der Waals surface area (Å²) < 4.78 is 27.8. The van der Waals surface area contributed by atoms with Crippen molar-refractivity contribution >= 4 is 32.4 Å². The fraction of sp³-hybridized carbons (Fsp3) is 0.0417. The molecular formula is C24H19NO3S. The van der Waals surface area contributed by atoms with E-state index in [0.717, 1.165) is 15.3 Å². The predicted octanol–water partition coefficient (Wildman–Crippen LogP) is 5.18. The molecule has 0 unspecified atom stereocenters. The van der Waals surface area contributed by atoms with Crippen LogP contribution < -0.4 is 4.31 Å². The summed E-state index contributed by atoms with van der Waals surface area (Å²) in [6.45, 7) is 1.91. The van der Waals surface area contributed by atoms with Crippen LogP contribution in [0, 0.1) is 6.92 Å². The number of aryl methyl sites for hydroxylation is 1. The van der Waals surface area contributed by atoms with Gasteiger partial charge in [0.25, 0.3) is 15.9 Å². The lowest BCUT2D eigenvalue weighted by atomic mass is 10.0. The molecule has 0 heterocycles. The monoisotopic (exact) mass is 401 g/mol. The van der Waals surface area contributed by atoms with E-state index in [9.17, 15) is 13.2 Å². The molecule has 0 N–H and O–H groups in total. The zero-order valence-electron chi connectivity index (χ0n) is 15.8. The van der Waals surface area contributed by atoms with Crippen molar-refractivity contribution in [2.75, 3.05) is 4.31 Å². The molecule has 4 aromatic rings. The molecule has 4 nitrogen and oxygen atoms in total. The third-order valence-electron chi connectivity index (χ3n) is 4.75. The van der Waals surface area contributed by atoms with Crippen molar-refractivity contribution in [3.63, 3.8) is 0 Å². The Bertz CT molecular complexity index is 1280. The van der Waals surface area contributed by atoms with Gasteiger partial charge in [-0.05, 0) is 48.0 Å². The number of rotatable bonds is 4. The maximum Gasteiger partial charge on any atom is 0.272 e. The molecule has 0 bridgehead atoms. The standard InChI is InChI=1S/C24H19NO3S/c1-18-14-16-20(17-15-18)25(29(27,28)21-10-3-2-4-11-21)24(26)23-13-7-9-19-8-5-6-12-22(19)23/h2-17H,1H3. The number of hydrogen-bond acceptors (Lipinski definition) is 3. The first-order valence-corrected chi connectivity index (χ1v) is 10.6. The van der Waals surface area contributed by atoms with Crippen LogP contribution in [0.1, 0.15) is 15.9 Å². The Morgan fingerprint density at radius 3 is 2.07 bits per heavy atom. The van der Waals surface area contributed by atoms with Crippen molar-refractivity contribution in [2.45, 2.75) is 11.8 Å². The number of carbonyl (C=O) groups excluding carboxylic acids is 1. The first-order chi connectivity index (χ1) is 14.0. The highest BCUT2D eigenvalue weighted by Crippen LogP contribution is 2.28. The minimum Gasteiger partial charge on any atom is -0.268 e. The van der Waals surface area contributed by atoms with E-state index in [2.05, 4.69) is 0 Å². The fourth-order valence-electron chi connectivity index (χ4n) is 3.26. The molecule has 0 saturated heterocycles. The number of benzene rings is 4. The molecule has 0 atom stereocenters. The van der Waals surface area contributed by atoms with E-state index in [0.29, 0.717) is 16.6 Å². The Kier molecular flexibility index (Phi) is 4.91. The third-order valence-corrected chi connectivity index (χ3v) is 6.48. The van der Waals surface area contributed by atoms with Crippen LogP contribution in [0.4, 0.5) is 5.69 Å². The first-order valence-electron chi connectivity index (χ1n) is 9.17. The molecule has 0 spiro atoms. The van der Waals surface area contributed by atoms with Gasteiger partial charge in [-0.15, -0.1) is 0 Å². The van der Waals surface area contributed by atoms with Gasteiger partial charge in [-0.25, -0.2) is 8.42 Å². The normalized spacial score (nSPS) is 11.3. The van der Waals surface area contributed by atoms with Crippen LogP contribution in [0.3, 0.4) is 0 Å². The van der Waals surface area contributed by atoms with Gasteiger partial charge in [0.15, 0.2) is 0 Å². The van der Waals surface area contributed by atoms with Crippen LogP contribution in [-0.4, -0.2) is 14.3 Å². The molecule has 0 radical (unpaired) electrons. The summed E-state index contributed by atoms with van der Waals surface area (Å²) in [6.07, 6.45) is 0.